The van der Waals surface area contributed by atoms with Crippen LogP contribution in [0.3, 0.4) is 0 Å². The molecule has 0 spiro atoms. The molecule has 0 aliphatic rings. The molecule has 0 saturated carbocycles. The van der Waals surface area contributed by atoms with E-state index in [4.69, 9.17) is 14.3 Å². The lowest BCUT2D eigenvalue weighted by Gasteiger charge is -2.14. The summed E-state index contributed by atoms with van der Waals surface area (Å²) in [6, 6.07) is 29.9. The maximum Gasteiger partial charge on any atom is 0.929 e. The Hall–Kier alpha value is -5.25. The summed E-state index contributed by atoms with van der Waals surface area (Å²) in [6.07, 6.45) is 5.08. The average molecular weight is 530 g/mol. The summed E-state index contributed by atoms with van der Waals surface area (Å²) >= 11 is 0. The quantitative estimate of drug-likeness (QED) is 0.248. The van der Waals surface area contributed by atoms with Crippen molar-refractivity contribution in [2.45, 2.75) is 20.8 Å². The minimum absolute atomic E-state index is 0.754. The largest absolute Gasteiger partial charge is 0.929 e. The van der Waals surface area contributed by atoms with Gasteiger partial charge in [-0.3, -0.25) is 0 Å². The number of benzene rings is 3. The van der Waals surface area contributed by atoms with Crippen molar-refractivity contribution in [2.24, 2.45) is 0 Å². The summed E-state index contributed by atoms with van der Waals surface area (Å²) in [5, 5.41) is 13.6. The average Bonchev–Trinajstić information content (AvgIpc) is 3.71. The first-order valence-electron chi connectivity index (χ1n) is 12.9. The molecule has 0 bridgehead atoms. The zero-order valence-corrected chi connectivity index (χ0v) is 22.4. The van der Waals surface area contributed by atoms with E-state index in [1.165, 1.54) is 14.5 Å². The highest BCUT2D eigenvalue weighted by Crippen LogP contribution is 2.20. The smallest absolute Gasteiger partial charge is 0.380 e. The predicted octanol–water partition coefficient (Wildman–Crippen LogP) is 4.87. The minimum atomic E-state index is -1.28. The topological polar surface area (TPSA) is 81.1 Å². The molecule has 6 aromatic rings. The van der Waals surface area contributed by atoms with Gasteiger partial charge < -0.3 is 14.3 Å². The Balaban J connectivity index is 1.25. The third-order valence-corrected chi connectivity index (χ3v) is 6.22. The van der Waals surface area contributed by atoms with Crippen molar-refractivity contribution in [3.05, 3.63) is 126 Å². The molecule has 6 rings (SSSR count). The molecule has 0 unspecified atom stereocenters. The molecule has 0 fully saturated rings. The van der Waals surface area contributed by atoms with Crippen molar-refractivity contribution >= 4 is 7.32 Å². The molecule has 0 radical (unpaired) electrons. The molecule has 40 heavy (non-hydrogen) atoms. The first-order valence-corrected chi connectivity index (χ1v) is 12.9. The summed E-state index contributed by atoms with van der Waals surface area (Å²) in [5.41, 5.74) is 8.62. The van der Waals surface area contributed by atoms with E-state index in [0.717, 1.165) is 50.5 Å². The summed E-state index contributed by atoms with van der Waals surface area (Å²) in [4.78, 5) is 3.91. The molecule has 0 atom stereocenters. The van der Waals surface area contributed by atoms with Gasteiger partial charge in [-0.05, 0) is 57.2 Å². The second-order valence-corrected chi connectivity index (χ2v) is 9.52. The number of aryl methyl sites for hydroxylation is 3. The van der Waals surface area contributed by atoms with Gasteiger partial charge in [0.1, 0.15) is 0 Å². The van der Waals surface area contributed by atoms with Crippen LogP contribution in [0.4, 0.5) is 0 Å². The Bertz CT molecular complexity index is 1550. The fourth-order valence-electron chi connectivity index (χ4n) is 4.30. The van der Waals surface area contributed by atoms with Crippen molar-refractivity contribution in [3.63, 3.8) is 0 Å². The monoisotopic (exact) mass is 530 g/mol. The minimum Gasteiger partial charge on any atom is -0.380 e. The molecule has 10 heteroatoms. The first-order chi connectivity index (χ1) is 19.5. The van der Waals surface area contributed by atoms with Gasteiger partial charge in [0.15, 0.2) is 0 Å². The zero-order valence-electron chi connectivity index (χ0n) is 22.4. The van der Waals surface area contributed by atoms with Crippen LogP contribution in [0.25, 0.3) is 33.8 Å². The molecule has 3 heterocycles. The van der Waals surface area contributed by atoms with Crippen LogP contribution in [0, 0.1) is 20.8 Å². The normalized spacial score (nSPS) is 10.9. The van der Waals surface area contributed by atoms with Gasteiger partial charge in [0.25, 0.3) is 0 Å². The first kappa shape index (κ1) is 25.1. The van der Waals surface area contributed by atoms with Crippen LogP contribution < -0.4 is 14.3 Å². The lowest BCUT2D eigenvalue weighted by Crippen LogP contribution is -2.49. The van der Waals surface area contributed by atoms with E-state index in [-0.39, 0.29) is 0 Å². The molecule has 3 aromatic carbocycles. The van der Waals surface area contributed by atoms with Crippen LogP contribution in [0.15, 0.2) is 110 Å². The fraction of sp³-hybridized carbons (Fsp3) is 0.100. The Labute approximate surface area is 232 Å². The van der Waals surface area contributed by atoms with Gasteiger partial charge in [0.05, 0.1) is 35.7 Å². The van der Waals surface area contributed by atoms with E-state index in [1.54, 1.807) is 18.6 Å². The number of hydrogen-bond acceptors (Lipinski definition) is 6. The molecular weight excluding hydrogens is 503 g/mol. The summed E-state index contributed by atoms with van der Waals surface area (Å²) < 4.78 is 17.9. The van der Waals surface area contributed by atoms with E-state index < -0.39 is 7.32 Å². The van der Waals surface area contributed by atoms with Gasteiger partial charge in [0.2, 0.25) is 0 Å². The van der Waals surface area contributed by atoms with Crippen molar-refractivity contribution < 1.29 is 14.3 Å². The number of rotatable bonds is 9. The fourth-order valence-corrected chi connectivity index (χ4v) is 4.30. The Morgan fingerprint density at radius 2 is 0.800 bits per heavy atom. The highest BCUT2D eigenvalue weighted by atomic mass is 16.9. The number of aromatic nitrogens is 6. The van der Waals surface area contributed by atoms with Crippen LogP contribution in [-0.2, 0) is 0 Å². The number of nitrogens with zero attached hydrogens (tertiary/aromatic N) is 6. The maximum absolute atomic E-state index is 5.96. The van der Waals surface area contributed by atoms with Crippen molar-refractivity contribution in [2.75, 3.05) is 0 Å². The molecule has 198 valence electrons. The molecule has 3 aromatic heterocycles. The predicted molar refractivity (Wildman–Crippen MR) is 153 cm³/mol. The Morgan fingerprint density at radius 3 is 1.10 bits per heavy atom. The Morgan fingerprint density at radius 1 is 0.475 bits per heavy atom. The van der Waals surface area contributed by atoms with E-state index in [0.29, 0.717) is 0 Å². The van der Waals surface area contributed by atoms with E-state index in [2.05, 4.69) is 33.5 Å². The van der Waals surface area contributed by atoms with Gasteiger partial charge >= 0.3 is 7.32 Å². The Kier molecular flexibility index (Phi) is 6.80. The highest BCUT2D eigenvalue weighted by Gasteiger charge is 2.35. The van der Waals surface area contributed by atoms with E-state index >= 15 is 0 Å². The van der Waals surface area contributed by atoms with Gasteiger partial charge in [0, 0.05) is 16.7 Å². The molecule has 0 aliphatic carbocycles. The lowest BCUT2D eigenvalue weighted by atomic mass is 10.1. The van der Waals surface area contributed by atoms with Crippen LogP contribution in [0.5, 0.6) is 0 Å². The third kappa shape index (κ3) is 5.76. The van der Waals surface area contributed by atoms with Crippen molar-refractivity contribution in [3.8, 4) is 33.8 Å². The molecule has 0 amide bonds. The molecule has 0 aliphatic heterocycles. The van der Waals surface area contributed by atoms with Gasteiger partial charge in [-0.25, -0.2) is 0 Å². The molecule has 0 N–H and O–H groups in total. The van der Waals surface area contributed by atoms with Crippen LogP contribution in [0.1, 0.15) is 16.7 Å². The second kappa shape index (κ2) is 10.9. The summed E-state index contributed by atoms with van der Waals surface area (Å²) in [6.45, 7) is 6.12. The number of hydrogen-bond donors (Lipinski definition) is 0. The van der Waals surface area contributed by atoms with Gasteiger partial charge in [-0.1, -0.05) is 71.3 Å². The molecular formula is C30H27BN6O3. The lowest BCUT2D eigenvalue weighted by molar-refractivity contribution is 0.0406. The van der Waals surface area contributed by atoms with Crippen molar-refractivity contribution in [1.29, 1.82) is 0 Å². The van der Waals surface area contributed by atoms with Gasteiger partial charge in [-0.2, -0.15) is 0 Å². The SMILES string of the molecule is Cc1cccc(-c2ccn(OB(On3ccc(-c4cccc(C)c4)n3)On3ccc(-c4cccc(C)c4)n3)n2)c1. The molecule has 9 nitrogen and oxygen atoms in total. The summed E-state index contributed by atoms with van der Waals surface area (Å²) in [5.74, 6) is 0. The second-order valence-electron chi connectivity index (χ2n) is 9.52. The standard InChI is InChI=1S/C30H27BN6O3/c1-22-7-4-10-25(19-22)28-13-16-35(32-28)38-31(39-36-17-14-29(33-36)26-11-5-8-23(2)20-26)40-37-18-15-30(34-37)27-12-6-9-24(3)21-27/h4-21H,1-3H3. The van der Waals surface area contributed by atoms with Crippen molar-refractivity contribution in [1.82, 2.24) is 29.8 Å². The third-order valence-electron chi connectivity index (χ3n) is 6.22. The zero-order chi connectivity index (χ0) is 27.5. The van der Waals surface area contributed by atoms with Crippen LogP contribution in [-0.4, -0.2) is 37.2 Å². The van der Waals surface area contributed by atoms with Gasteiger partial charge in [-0.15, -0.1) is 29.8 Å². The van der Waals surface area contributed by atoms with E-state index in [1.807, 2.05) is 93.6 Å². The molecule has 0 saturated heterocycles. The van der Waals surface area contributed by atoms with Crippen LogP contribution in [0.2, 0.25) is 0 Å². The highest BCUT2D eigenvalue weighted by molar-refractivity contribution is 6.37. The summed E-state index contributed by atoms with van der Waals surface area (Å²) in [7, 11) is -1.28. The van der Waals surface area contributed by atoms with E-state index in [9.17, 15) is 0 Å². The van der Waals surface area contributed by atoms with Crippen LogP contribution >= 0.6 is 0 Å². The maximum atomic E-state index is 5.96.